The molecule has 3 aromatic rings. The molecule has 1 fully saturated rings. The number of aromatic nitrogens is 1. The highest BCUT2D eigenvalue weighted by Gasteiger charge is 2.41. The quantitative estimate of drug-likeness (QED) is 0.422. The number of methoxy groups -OCH3 is 1. The SMILES string of the molecule is COc1ccc2ncc(C)c([C@@H](O)CCC3(C(=O)O)CCN(CC#Cc4c(F)cc(F)cc4F)CC3)c2c1. The number of aliphatic hydroxyl groups excluding tert-OH is 1. The number of piperidine rings is 1. The zero-order chi connectivity index (χ0) is 27.4. The monoisotopic (exact) mass is 526 g/mol. The molecule has 1 saturated heterocycles. The molecule has 1 atom stereocenters. The van der Waals surface area contributed by atoms with Crippen molar-refractivity contribution >= 4 is 16.9 Å². The highest BCUT2D eigenvalue weighted by Crippen LogP contribution is 2.40. The Morgan fingerprint density at radius 1 is 1.18 bits per heavy atom. The van der Waals surface area contributed by atoms with Crippen molar-refractivity contribution in [1.82, 2.24) is 9.88 Å². The Kier molecular flexibility index (Phi) is 8.24. The molecule has 0 aliphatic carbocycles. The molecule has 0 saturated carbocycles. The second-order valence-corrected chi connectivity index (χ2v) is 9.70. The molecule has 2 heterocycles. The lowest BCUT2D eigenvalue weighted by molar-refractivity contribution is -0.153. The van der Waals surface area contributed by atoms with Crippen molar-refractivity contribution in [1.29, 1.82) is 0 Å². The number of pyridine rings is 1. The zero-order valence-corrected chi connectivity index (χ0v) is 21.2. The van der Waals surface area contributed by atoms with Gasteiger partial charge in [0, 0.05) is 36.8 Å². The van der Waals surface area contributed by atoms with E-state index in [9.17, 15) is 28.2 Å². The van der Waals surface area contributed by atoms with Gasteiger partial charge in [0.2, 0.25) is 0 Å². The molecular formula is C29H29F3N2O4. The van der Waals surface area contributed by atoms with Crippen LogP contribution < -0.4 is 4.74 Å². The number of aliphatic carboxylic acids is 1. The van der Waals surface area contributed by atoms with E-state index in [2.05, 4.69) is 16.8 Å². The number of aryl methyl sites for hydroxylation is 1. The lowest BCUT2D eigenvalue weighted by atomic mass is 9.74. The van der Waals surface area contributed by atoms with Gasteiger partial charge in [0.15, 0.2) is 0 Å². The van der Waals surface area contributed by atoms with E-state index in [1.807, 2.05) is 24.0 Å². The third-order valence-electron chi connectivity index (χ3n) is 7.34. The molecule has 1 aliphatic heterocycles. The molecule has 9 heteroatoms. The maximum Gasteiger partial charge on any atom is 0.309 e. The van der Waals surface area contributed by atoms with Crippen LogP contribution in [0.1, 0.15) is 48.5 Å². The molecule has 2 N–H and O–H groups in total. The summed E-state index contributed by atoms with van der Waals surface area (Å²) >= 11 is 0. The predicted molar refractivity (Wildman–Crippen MR) is 136 cm³/mol. The van der Waals surface area contributed by atoms with E-state index in [1.54, 1.807) is 19.4 Å². The van der Waals surface area contributed by atoms with Crippen molar-refractivity contribution in [2.24, 2.45) is 5.41 Å². The fourth-order valence-corrected chi connectivity index (χ4v) is 5.03. The number of nitrogens with zero attached hydrogens (tertiary/aromatic N) is 2. The number of fused-ring (bicyclic) bond motifs is 1. The predicted octanol–water partition coefficient (Wildman–Crippen LogP) is 5.00. The summed E-state index contributed by atoms with van der Waals surface area (Å²) in [5.41, 5.74) is 0.739. The Morgan fingerprint density at radius 2 is 1.87 bits per heavy atom. The Hall–Kier alpha value is -3.61. The summed E-state index contributed by atoms with van der Waals surface area (Å²) in [5.74, 6) is 1.71. The van der Waals surface area contributed by atoms with Crippen molar-refractivity contribution in [3.8, 4) is 17.6 Å². The van der Waals surface area contributed by atoms with Crippen molar-refractivity contribution in [3.63, 3.8) is 0 Å². The van der Waals surface area contributed by atoms with E-state index in [-0.39, 0.29) is 19.4 Å². The van der Waals surface area contributed by atoms with Gasteiger partial charge in [-0.1, -0.05) is 11.8 Å². The largest absolute Gasteiger partial charge is 0.497 e. The second-order valence-electron chi connectivity index (χ2n) is 9.70. The smallest absolute Gasteiger partial charge is 0.309 e. The molecule has 4 rings (SSSR count). The summed E-state index contributed by atoms with van der Waals surface area (Å²) in [6.07, 6.45) is 2.05. The summed E-state index contributed by atoms with van der Waals surface area (Å²) in [5, 5.41) is 22.0. The molecule has 2 aromatic carbocycles. The number of carboxylic acids is 1. The van der Waals surface area contributed by atoms with E-state index >= 15 is 0 Å². The number of hydrogen-bond donors (Lipinski definition) is 2. The first-order chi connectivity index (χ1) is 18.1. The minimum atomic E-state index is -1.06. The third kappa shape index (κ3) is 5.77. The Balaban J connectivity index is 1.42. The molecule has 0 spiro atoms. The van der Waals surface area contributed by atoms with Crippen LogP contribution in [0.3, 0.4) is 0 Å². The highest BCUT2D eigenvalue weighted by molar-refractivity contribution is 5.85. The third-order valence-corrected chi connectivity index (χ3v) is 7.34. The van der Waals surface area contributed by atoms with Crippen molar-refractivity contribution in [2.75, 3.05) is 26.7 Å². The van der Waals surface area contributed by atoms with Crippen LogP contribution in [0.2, 0.25) is 0 Å². The van der Waals surface area contributed by atoms with Crippen LogP contribution in [0.25, 0.3) is 10.9 Å². The normalized spacial score (nSPS) is 16.1. The number of hydrogen-bond acceptors (Lipinski definition) is 5. The van der Waals surface area contributed by atoms with Crippen LogP contribution in [0.15, 0.2) is 36.5 Å². The second kappa shape index (κ2) is 11.4. The number of aliphatic hydroxyl groups is 1. The lowest BCUT2D eigenvalue weighted by Gasteiger charge is -2.38. The van der Waals surface area contributed by atoms with Gasteiger partial charge in [-0.15, -0.1) is 0 Å². The first-order valence-electron chi connectivity index (χ1n) is 12.3. The average Bonchev–Trinajstić information content (AvgIpc) is 2.89. The van der Waals surface area contributed by atoms with Gasteiger partial charge in [0.1, 0.15) is 23.2 Å². The van der Waals surface area contributed by atoms with Crippen molar-refractivity contribution in [2.45, 2.75) is 38.7 Å². The van der Waals surface area contributed by atoms with E-state index in [0.29, 0.717) is 54.9 Å². The van der Waals surface area contributed by atoms with Gasteiger partial charge in [-0.25, -0.2) is 13.2 Å². The summed E-state index contributed by atoms with van der Waals surface area (Å²) in [6, 6.07) is 6.60. The van der Waals surface area contributed by atoms with Gasteiger partial charge in [-0.2, -0.15) is 0 Å². The first-order valence-corrected chi connectivity index (χ1v) is 12.3. The number of halogens is 3. The van der Waals surface area contributed by atoms with Crippen LogP contribution in [0, 0.1) is 41.6 Å². The topological polar surface area (TPSA) is 82.9 Å². The zero-order valence-electron chi connectivity index (χ0n) is 21.2. The van der Waals surface area contributed by atoms with Gasteiger partial charge in [0.25, 0.3) is 0 Å². The lowest BCUT2D eigenvalue weighted by Crippen LogP contribution is -2.44. The van der Waals surface area contributed by atoms with Crippen LogP contribution in [-0.4, -0.2) is 52.8 Å². The average molecular weight is 527 g/mol. The Bertz CT molecular complexity index is 1390. The molecular weight excluding hydrogens is 497 g/mol. The van der Waals surface area contributed by atoms with Gasteiger partial charge in [0.05, 0.1) is 36.3 Å². The van der Waals surface area contributed by atoms with E-state index < -0.39 is 40.5 Å². The summed E-state index contributed by atoms with van der Waals surface area (Å²) in [4.78, 5) is 18.7. The molecule has 38 heavy (non-hydrogen) atoms. The van der Waals surface area contributed by atoms with Crippen molar-refractivity contribution in [3.05, 3.63) is 70.7 Å². The molecule has 0 unspecified atom stereocenters. The fraction of sp³-hybridized carbons (Fsp3) is 0.379. The molecule has 0 radical (unpaired) electrons. The number of carbonyl (C=O) groups is 1. The van der Waals surface area contributed by atoms with Crippen LogP contribution in [0.5, 0.6) is 5.75 Å². The first kappa shape index (κ1) is 27.4. The van der Waals surface area contributed by atoms with Crippen LogP contribution >= 0.6 is 0 Å². The number of carboxylic acid groups (broad SMARTS) is 1. The Labute approximate surface area is 219 Å². The van der Waals surface area contributed by atoms with Gasteiger partial charge in [-0.3, -0.25) is 14.7 Å². The maximum absolute atomic E-state index is 13.8. The van der Waals surface area contributed by atoms with Crippen LogP contribution in [-0.2, 0) is 4.79 Å². The standard InChI is InChI=1S/C29H29F3N2O4/c1-18-17-33-25-6-5-20(38-2)16-22(25)27(18)26(35)7-8-29(28(36)37)9-12-34(13-10-29)11-3-4-21-23(31)14-19(30)15-24(21)32/h5-6,14-17,26,35H,7-13H2,1-2H3,(H,36,37)/t26-/m0/s1. The van der Waals surface area contributed by atoms with Gasteiger partial charge < -0.3 is 14.9 Å². The van der Waals surface area contributed by atoms with E-state index in [0.717, 1.165) is 10.9 Å². The van der Waals surface area contributed by atoms with Gasteiger partial charge >= 0.3 is 5.97 Å². The number of benzene rings is 2. The summed E-state index contributed by atoms with van der Waals surface area (Å²) in [6.45, 7) is 2.92. The molecule has 1 aliphatic rings. The van der Waals surface area contributed by atoms with Crippen molar-refractivity contribution < 1.29 is 32.9 Å². The summed E-state index contributed by atoms with van der Waals surface area (Å²) < 4.78 is 46.0. The van der Waals surface area contributed by atoms with E-state index in [1.165, 1.54) is 0 Å². The molecule has 6 nitrogen and oxygen atoms in total. The number of likely N-dealkylation sites (tertiary alicyclic amines) is 1. The van der Waals surface area contributed by atoms with Gasteiger partial charge in [-0.05, 0) is 61.9 Å². The number of rotatable bonds is 7. The fourth-order valence-electron chi connectivity index (χ4n) is 5.03. The van der Waals surface area contributed by atoms with Crippen LogP contribution in [0.4, 0.5) is 13.2 Å². The highest BCUT2D eigenvalue weighted by atomic mass is 19.1. The minimum Gasteiger partial charge on any atom is -0.497 e. The molecule has 0 amide bonds. The van der Waals surface area contributed by atoms with E-state index in [4.69, 9.17) is 4.74 Å². The minimum absolute atomic E-state index is 0.193. The molecule has 200 valence electrons. The number of ether oxygens (including phenoxy) is 1. The molecule has 1 aromatic heterocycles. The Morgan fingerprint density at radius 3 is 2.50 bits per heavy atom. The molecule has 0 bridgehead atoms. The summed E-state index contributed by atoms with van der Waals surface area (Å²) in [7, 11) is 1.56. The maximum atomic E-state index is 13.8.